The second kappa shape index (κ2) is 7.45. The fraction of sp³-hybridized carbons (Fsp3) is 0.632. The zero-order chi connectivity index (χ0) is 16.2. The summed E-state index contributed by atoms with van der Waals surface area (Å²) >= 11 is 0. The van der Waals surface area contributed by atoms with Gasteiger partial charge in [-0.25, -0.2) is 0 Å². The summed E-state index contributed by atoms with van der Waals surface area (Å²) < 4.78 is 0. The number of amides is 1. The molecule has 0 saturated carbocycles. The van der Waals surface area contributed by atoms with Crippen molar-refractivity contribution in [3.8, 4) is 0 Å². The van der Waals surface area contributed by atoms with Crippen LogP contribution in [0, 0.1) is 0 Å². The van der Waals surface area contributed by atoms with Crippen LogP contribution in [0.2, 0.25) is 0 Å². The van der Waals surface area contributed by atoms with Crippen molar-refractivity contribution >= 4 is 5.91 Å². The minimum Gasteiger partial charge on any atom is -0.343 e. The number of piperidine rings is 1. The number of piperazine rings is 1. The summed E-state index contributed by atoms with van der Waals surface area (Å²) in [6, 6.07) is 9.20. The molecule has 23 heavy (non-hydrogen) atoms. The Labute approximate surface area is 140 Å². The molecule has 0 aliphatic carbocycles. The third kappa shape index (κ3) is 4.33. The molecule has 2 fully saturated rings. The van der Waals surface area contributed by atoms with Gasteiger partial charge in [-0.15, -0.1) is 0 Å². The SMILES string of the molecule is CC(=O)N1CCC(c2ccc(CN3CCN(C)CC3)cc2)CC1. The number of carbonyl (C=O) groups excluding carboxylic acids is 1. The fourth-order valence-electron chi connectivity index (χ4n) is 3.69. The zero-order valence-electron chi connectivity index (χ0n) is 14.5. The standard InChI is InChI=1S/C19H29N3O/c1-16(23)22-9-7-19(8-10-22)18-5-3-17(4-6-18)15-21-13-11-20(2)12-14-21/h3-6,19H,7-15H2,1-2H3. The topological polar surface area (TPSA) is 26.8 Å². The van der Waals surface area contributed by atoms with Gasteiger partial charge in [0.25, 0.3) is 0 Å². The molecule has 3 rings (SSSR count). The Hall–Kier alpha value is -1.39. The molecule has 2 saturated heterocycles. The van der Waals surface area contributed by atoms with E-state index in [9.17, 15) is 4.79 Å². The highest BCUT2D eigenvalue weighted by atomic mass is 16.2. The predicted octanol–water partition coefficient (Wildman–Crippen LogP) is 2.16. The van der Waals surface area contributed by atoms with Gasteiger partial charge in [0.1, 0.15) is 0 Å². The Balaban J connectivity index is 1.52. The summed E-state index contributed by atoms with van der Waals surface area (Å²) in [5.74, 6) is 0.828. The van der Waals surface area contributed by atoms with Gasteiger partial charge in [0.05, 0.1) is 0 Å². The minimum absolute atomic E-state index is 0.214. The second-order valence-electron chi connectivity index (χ2n) is 7.10. The maximum Gasteiger partial charge on any atom is 0.219 e. The van der Waals surface area contributed by atoms with Crippen molar-refractivity contribution in [1.82, 2.24) is 14.7 Å². The molecule has 0 bridgehead atoms. The minimum atomic E-state index is 0.214. The van der Waals surface area contributed by atoms with Gasteiger partial charge in [-0.3, -0.25) is 9.69 Å². The molecule has 1 aromatic rings. The number of hydrogen-bond donors (Lipinski definition) is 0. The Morgan fingerprint density at radius 2 is 1.61 bits per heavy atom. The molecular weight excluding hydrogens is 286 g/mol. The number of rotatable bonds is 3. The second-order valence-corrected chi connectivity index (χ2v) is 7.10. The van der Waals surface area contributed by atoms with E-state index >= 15 is 0 Å². The average molecular weight is 315 g/mol. The van der Waals surface area contributed by atoms with E-state index in [0.717, 1.165) is 32.5 Å². The molecule has 2 aliphatic rings. The van der Waals surface area contributed by atoms with Crippen LogP contribution in [0.25, 0.3) is 0 Å². The molecule has 2 aliphatic heterocycles. The Kier molecular flexibility index (Phi) is 5.34. The van der Waals surface area contributed by atoms with Gasteiger partial charge in [0, 0.05) is 52.7 Å². The highest BCUT2D eigenvalue weighted by Crippen LogP contribution is 2.28. The number of hydrogen-bond acceptors (Lipinski definition) is 3. The van der Waals surface area contributed by atoms with Crippen molar-refractivity contribution in [3.05, 3.63) is 35.4 Å². The Morgan fingerprint density at radius 3 is 2.17 bits per heavy atom. The monoisotopic (exact) mass is 315 g/mol. The van der Waals surface area contributed by atoms with E-state index in [1.807, 2.05) is 4.90 Å². The lowest BCUT2D eigenvalue weighted by molar-refractivity contribution is -0.129. The van der Waals surface area contributed by atoms with Crippen molar-refractivity contribution < 1.29 is 4.79 Å². The zero-order valence-corrected chi connectivity index (χ0v) is 14.5. The van der Waals surface area contributed by atoms with Crippen molar-refractivity contribution in [1.29, 1.82) is 0 Å². The summed E-state index contributed by atoms with van der Waals surface area (Å²) in [6.45, 7) is 9.24. The van der Waals surface area contributed by atoms with Gasteiger partial charge in [0.2, 0.25) is 5.91 Å². The van der Waals surface area contributed by atoms with E-state index in [2.05, 4.69) is 41.1 Å². The van der Waals surface area contributed by atoms with E-state index < -0.39 is 0 Å². The number of nitrogens with zero attached hydrogens (tertiary/aromatic N) is 3. The molecule has 1 amide bonds. The molecule has 4 nitrogen and oxygen atoms in total. The van der Waals surface area contributed by atoms with Gasteiger partial charge < -0.3 is 9.80 Å². The van der Waals surface area contributed by atoms with Crippen molar-refractivity contribution in [3.63, 3.8) is 0 Å². The summed E-state index contributed by atoms with van der Waals surface area (Å²) in [5, 5.41) is 0. The van der Waals surface area contributed by atoms with Crippen molar-refractivity contribution in [2.24, 2.45) is 0 Å². The Bertz CT molecular complexity index is 512. The molecule has 0 atom stereocenters. The van der Waals surface area contributed by atoms with Crippen LogP contribution in [0.5, 0.6) is 0 Å². The van der Waals surface area contributed by atoms with E-state index in [0.29, 0.717) is 5.92 Å². The molecule has 0 aromatic heterocycles. The third-order valence-electron chi connectivity index (χ3n) is 5.39. The average Bonchev–Trinajstić information content (AvgIpc) is 2.58. The summed E-state index contributed by atoms with van der Waals surface area (Å²) in [5.41, 5.74) is 2.86. The molecule has 0 spiro atoms. The van der Waals surface area contributed by atoms with Gasteiger partial charge in [-0.05, 0) is 36.9 Å². The maximum atomic E-state index is 11.4. The number of benzene rings is 1. The van der Waals surface area contributed by atoms with E-state index in [1.165, 1.54) is 37.3 Å². The number of carbonyl (C=O) groups is 1. The molecule has 126 valence electrons. The first-order valence-electron chi connectivity index (χ1n) is 8.87. The van der Waals surface area contributed by atoms with E-state index in [-0.39, 0.29) is 5.91 Å². The number of likely N-dealkylation sites (N-methyl/N-ethyl adjacent to an activating group) is 1. The van der Waals surface area contributed by atoms with Crippen LogP contribution in [0.4, 0.5) is 0 Å². The maximum absolute atomic E-state index is 11.4. The van der Waals surface area contributed by atoms with Crippen LogP contribution in [0.15, 0.2) is 24.3 Å². The molecule has 4 heteroatoms. The smallest absolute Gasteiger partial charge is 0.219 e. The van der Waals surface area contributed by atoms with Gasteiger partial charge >= 0.3 is 0 Å². The van der Waals surface area contributed by atoms with Crippen LogP contribution in [0.1, 0.15) is 36.8 Å². The summed E-state index contributed by atoms with van der Waals surface area (Å²) in [4.78, 5) is 18.3. The third-order valence-corrected chi connectivity index (χ3v) is 5.39. The lowest BCUT2D eigenvalue weighted by Crippen LogP contribution is -2.43. The Morgan fingerprint density at radius 1 is 1.00 bits per heavy atom. The normalized spacial score (nSPS) is 21.6. The first-order valence-corrected chi connectivity index (χ1v) is 8.87. The van der Waals surface area contributed by atoms with Crippen molar-refractivity contribution in [2.75, 3.05) is 46.3 Å². The first-order chi connectivity index (χ1) is 11.1. The molecule has 1 aromatic carbocycles. The van der Waals surface area contributed by atoms with Crippen LogP contribution in [-0.2, 0) is 11.3 Å². The van der Waals surface area contributed by atoms with Gasteiger partial charge in [0.15, 0.2) is 0 Å². The van der Waals surface area contributed by atoms with Gasteiger partial charge in [-0.1, -0.05) is 24.3 Å². The fourth-order valence-corrected chi connectivity index (χ4v) is 3.69. The predicted molar refractivity (Wildman–Crippen MR) is 93.4 cm³/mol. The van der Waals surface area contributed by atoms with Gasteiger partial charge in [-0.2, -0.15) is 0 Å². The van der Waals surface area contributed by atoms with Crippen LogP contribution < -0.4 is 0 Å². The molecule has 0 radical (unpaired) electrons. The molecular formula is C19H29N3O. The van der Waals surface area contributed by atoms with Crippen LogP contribution >= 0.6 is 0 Å². The van der Waals surface area contributed by atoms with Crippen LogP contribution in [0.3, 0.4) is 0 Å². The number of likely N-dealkylation sites (tertiary alicyclic amines) is 1. The summed E-state index contributed by atoms with van der Waals surface area (Å²) in [7, 11) is 2.20. The highest BCUT2D eigenvalue weighted by Gasteiger charge is 2.22. The first kappa shape index (κ1) is 16.5. The lowest BCUT2D eigenvalue weighted by atomic mass is 9.89. The van der Waals surface area contributed by atoms with Crippen LogP contribution in [-0.4, -0.2) is 66.9 Å². The van der Waals surface area contributed by atoms with Crippen molar-refractivity contribution in [2.45, 2.75) is 32.2 Å². The quantitative estimate of drug-likeness (QED) is 0.855. The highest BCUT2D eigenvalue weighted by molar-refractivity contribution is 5.73. The van der Waals surface area contributed by atoms with E-state index in [4.69, 9.17) is 0 Å². The van der Waals surface area contributed by atoms with E-state index in [1.54, 1.807) is 6.92 Å². The summed E-state index contributed by atoms with van der Waals surface area (Å²) in [6.07, 6.45) is 2.19. The molecule has 0 N–H and O–H groups in total. The lowest BCUT2D eigenvalue weighted by Gasteiger charge is -2.33. The largest absolute Gasteiger partial charge is 0.343 e. The molecule has 0 unspecified atom stereocenters. The molecule has 2 heterocycles.